The molecule has 1 amide bonds. The fourth-order valence-electron chi connectivity index (χ4n) is 0.919. The van der Waals surface area contributed by atoms with Crippen molar-refractivity contribution in [2.75, 3.05) is 6.54 Å². The minimum Gasteiger partial charge on any atom is -0.391 e. The number of carbonyl (C=O) groups is 1. The minimum atomic E-state index is -0.575. The van der Waals surface area contributed by atoms with Gasteiger partial charge in [0.25, 0.3) is 0 Å². The first-order valence-corrected chi connectivity index (χ1v) is 5.52. The van der Waals surface area contributed by atoms with Crippen molar-refractivity contribution in [1.29, 1.82) is 0 Å². The van der Waals surface area contributed by atoms with Crippen LogP contribution in [0.3, 0.4) is 0 Å². The molecule has 4 nitrogen and oxygen atoms in total. The largest absolute Gasteiger partial charge is 0.391 e. The molecule has 0 heterocycles. The summed E-state index contributed by atoms with van der Waals surface area (Å²) >= 11 is 0. The fourth-order valence-corrected chi connectivity index (χ4v) is 0.919. The molecule has 2 unspecified atom stereocenters. The summed E-state index contributed by atoms with van der Waals surface area (Å²) in [5.41, 5.74) is -0.575. The zero-order valence-electron chi connectivity index (χ0n) is 10.4. The van der Waals surface area contributed by atoms with Crippen molar-refractivity contribution >= 4 is 5.91 Å². The van der Waals surface area contributed by atoms with E-state index in [9.17, 15) is 9.90 Å². The van der Waals surface area contributed by atoms with Gasteiger partial charge in [-0.3, -0.25) is 4.79 Å². The molecule has 0 aromatic rings. The maximum Gasteiger partial charge on any atom is 0.234 e. The predicted octanol–water partition coefficient (Wildman–Crippen LogP) is 0.650. The van der Waals surface area contributed by atoms with Crippen LogP contribution in [0.25, 0.3) is 0 Å². The highest BCUT2D eigenvalue weighted by atomic mass is 16.3. The van der Waals surface area contributed by atoms with E-state index >= 15 is 0 Å². The van der Waals surface area contributed by atoms with Gasteiger partial charge in [0.1, 0.15) is 0 Å². The summed E-state index contributed by atoms with van der Waals surface area (Å²) in [5.74, 6) is -0.0822. The van der Waals surface area contributed by atoms with Crippen LogP contribution in [-0.2, 0) is 4.79 Å². The third kappa shape index (κ3) is 5.74. The summed E-state index contributed by atoms with van der Waals surface area (Å²) in [4.78, 5) is 11.5. The molecule has 0 aromatic heterocycles. The van der Waals surface area contributed by atoms with Gasteiger partial charge in [-0.15, -0.1) is 0 Å². The Morgan fingerprint density at radius 3 is 2.33 bits per heavy atom. The smallest absolute Gasteiger partial charge is 0.234 e. The number of carbonyl (C=O) groups excluding carboxylic acids is 1. The van der Waals surface area contributed by atoms with Crippen molar-refractivity contribution in [3.8, 4) is 0 Å². The molecule has 0 aromatic carbocycles. The number of rotatable bonds is 6. The second kappa shape index (κ2) is 6.08. The lowest BCUT2D eigenvalue weighted by Crippen LogP contribution is -2.53. The minimum absolute atomic E-state index is 0.0822. The second-order valence-corrected chi connectivity index (χ2v) is 4.64. The monoisotopic (exact) mass is 216 g/mol. The Balaban J connectivity index is 3.94. The van der Waals surface area contributed by atoms with E-state index in [0.29, 0.717) is 12.6 Å². The molecule has 4 heteroatoms. The van der Waals surface area contributed by atoms with Gasteiger partial charge in [-0.05, 0) is 34.1 Å². The summed E-state index contributed by atoms with van der Waals surface area (Å²) in [5, 5.41) is 15.3. The molecule has 0 bridgehead atoms. The molecule has 90 valence electrons. The molecule has 0 radical (unpaired) electrons. The van der Waals surface area contributed by atoms with Gasteiger partial charge < -0.3 is 15.7 Å². The van der Waals surface area contributed by atoms with E-state index in [2.05, 4.69) is 17.6 Å². The van der Waals surface area contributed by atoms with Gasteiger partial charge in [0.15, 0.2) is 0 Å². The number of aliphatic hydroxyl groups is 1. The Bertz CT molecular complexity index is 203. The summed E-state index contributed by atoms with van der Waals surface area (Å²) in [6, 6.07) is 0.338. The molecule has 0 aliphatic rings. The van der Waals surface area contributed by atoms with Crippen molar-refractivity contribution < 1.29 is 9.90 Å². The third-order valence-corrected chi connectivity index (χ3v) is 2.73. The lowest BCUT2D eigenvalue weighted by atomic mass is 9.99. The van der Waals surface area contributed by atoms with Crippen molar-refractivity contribution in [1.82, 2.24) is 10.6 Å². The maximum atomic E-state index is 11.5. The Morgan fingerprint density at radius 1 is 1.40 bits per heavy atom. The second-order valence-electron chi connectivity index (χ2n) is 4.64. The third-order valence-electron chi connectivity index (χ3n) is 2.73. The number of aliphatic hydroxyl groups excluding tert-OH is 1. The fraction of sp³-hybridized carbons (Fsp3) is 0.909. The molecule has 0 fully saturated rings. The average molecular weight is 216 g/mol. The van der Waals surface area contributed by atoms with Gasteiger partial charge in [-0.2, -0.15) is 0 Å². The maximum absolute atomic E-state index is 11.5. The van der Waals surface area contributed by atoms with Crippen molar-refractivity contribution in [3.63, 3.8) is 0 Å². The summed E-state index contributed by atoms with van der Waals surface area (Å²) in [7, 11) is 0. The summed E-state index contributed by atoms with van der Waals surface area (Å²) in [6.45, 7) is 9.67. The predicted molar refractivity (Wildman–Crippen MR) is 61.7 cm³/mol. The van der Waals surface area contributed by atoms with Crippen LogP contribution in [0, 0.1) is 0 Å². The van der Waals surface area contributed by atoms with Crippen LogP contribution in [-0.4, -0.2) is 35.2 Å². The van der Waals surface area contributed by atoms with E-state index < -0.39 is 11.6 Å². The Morgan fingerprint density at radius 2 is 1.93 bits per heavy atom. The molecule has 0 aliphatic heterocycles. The van der Waals surface area contributed by atoms with Gasteiger partial charge in [0.2, 0.25) is 5.91 Å². The molecule has 0 rings (SSSR count). The number of hydrogen-bond donors (Lipinski definition) is 3. The van der Waals surface area contributed by atoms with Gasteiger partial charge in [-0.1, -0.05) is 6.92 Å². The Kier molecular flexibility index (Phi) is 5.83. The van der Waals surface area contributed by atoms with Crippen LogP contribution >= 0.6 is 0 Å². The van der Waals surface area contributed by atoms with E-state index in [1.807, 2.05) is 6.92 Å². The van der Waals surface area contributed by atoms with Gasteiger partial charge in [-0.25, -0.2) is 0 Å². The Hall–Kier alpha value is -0.610. The first kappa shape index (κ1) is 14.4. The highest BCUT2D eigenvalue weighted by Crippen LogP contribution is 2.07. The molecule has 15 heavy (non-hydrogen) atoms. The number of hydrogen-bond acceptors (Lipinski definition) is 3. The van der Waals surface area contributed by atoms with Crippen LogP contribution in [0.1, 0.15) is 41.0 Å². The van der Waals surface area contributed by atoms with Gasteiger partial charge in [0, 0.05) is 6.04 Å². The lowest BCUT2D eigenvalue weighted by molar-refractivity contribution is -0.123. The molecule has 0 saturated heterocycles. The normalized spacial score (nSPS) is 15.9. The zero-order chi connectivity index (χ0) is 12.1. The molecule has 0 aliphatic carbocycles. The number of amides is 1. The first-order chi connectivity index (χ1) is 6.79. The van der Waals surface area contributed by atoms with E-state index in [0.717, 1.165) is 6.42 Å². The molecule has 0 saturated carbocycles. The highest BCUT2D eigenvalue weighted by Gasteiger charge is 2.25. The summed E-state index contributed by atoms with van der Waals surface area (Å²) in [6.07, 6.45) is 0.428. The highest BCUT2D eigenvalue weighted by molar-refractivity contribution is 5.78. The van der Waals surface area contributed by atoms with Crippen LogP contribution in [0.15, 0.2) is 0 Å². The topological polar surface area (TPSA) is 61.4 Å². The number of nitrogens with one attached hydrogen (secondary N) is 2. The lowest BCUT2D eigenvalue weighted by Gasteiger charge is -2.29. The molecular formula is C11H24N2O2. The summed E-state index contributed by atoms with van der Waals surface area (Å²) < 4.78 is 0. The molecule has 2 atom stereocenters. The van der Waals surface area contributed by atoms with Crippen molar-refractivity contribution in [3.05, 3.63) is 0 Å². The van der Waals surface area contributed by atoms with E-state index in [1.54, 1.807) is 20.8 Å². The SMILES string of the molecule is CCC(C)NCC(=O)NC(C)(C)C(C)O. The first-order valence-electron chi connectivity index (χ1n) is 5.52. The van der Waals surface area contributed by atoms with Crippen LogP contribution in [0.2, 0.25) is 0 Å². The van der Waals surface area contributed by atoms with Gasteiger partial charge >= 0.3 is 0 Å². The van der Waals surface area contributed by atoms with Crippen LogP contribution in [0.4, 0.5) is 0 Å². The molecule has 0 spiro atoms. The van der Waals surface area contributed by atoms with Crippen LogP contribution in [0.5, 0.6) is 0 Å². The van der Waals surface area contributed by atoms with E-state index in [1.165, 1.54) is 0 Å². The standard InChI is InChI=1S/C11H24N2O2/c1-6-8(2)12-7-10(15)13-11(4,5)9(3)14/h8-9,12,14H,6-7H2,1-5H3,(H,13,15). The zero-order valence-corrected chi connectivity index (χ0v) is 10.4. The molecule has 3 N–H and O–H groups in total. The van der Waals surface area contributed by atoms with E-state index in [4.69, 9.17) is 0 Å². The van der Waals surface area contributed by atoms with Crippen molar-refractivity contribution in [2.24, 2.45) is 0 Å². The Labute approximate surface area is 92.4 Å². The van der Waals surface area contributed by atoms with E-state index in [-0.39, 0.29) is 5.91 Å². The van der Waals surface area contributed by atoms with Crippen LogP contribution < -0.4 is 10.6 Å². The van der Waals surface area contributed by atoms with Crippen molar-refractivity contribution in [2.45, 2.75) is 58.7 Å². The van der Waals surface area contributed by atoms with Gasteiger partial charge in [0.05, 0.1) is 18.2 Å². The molecular weight excluding hydrogens is 192 g/mol. The quantitative estimate of drug-likeness (QED) is 0.611. The average Bonchev–Trinajstić information content (AvgIpc) is 2.13.